The fraction of sp³-hybridized carbons (Fsp3) is 0.550. The largest absolute Gasteiger partial charge is 0.497 e. The number of likely N-dealkylation sites (tertiary alicyclic amines) is 1. The molecule has 0 radical (unpaired) electrons. The third-order valence-corrected chi connectivity index (χ3v) is 5.64. The van der Waals surface area contributed by atoms with Crippen LogP contribution in [0.5, 0.6) is 5.75 Å². The number of benzene rings is 1. The maximum absolute atomic E-state index is 12.7. The summed E-state index contributed by atoms with van der Waals surface area (Å²) in [6.07, 6.45) is 2.20. The Balaban J connectivity index is 1.34. The number of aromatic nitrogens is 2. The van der Waals surface area contributed by atoms with Crippen LogP contribution in [0.1, 0.15) is 19.8 Å². The Morgan fingerprint density at radius 3 is 2.32 bits per heavy atom. The van der Waals surface area contributed by atoms with E-state index in [1.807, 2.05) is 39.0 Å². The number of methoxy groups -OCH3 is 1. The summed E-state index contributed by atoms with van der Waals surface area (Å²) >= 11 is 0. The van der Waals surface area contributed by atoms with Gasteiger partial charge in [-0.3, -0.25) is 0 Å². The Bertz CT molecular complexity index is 790. The molecule has 0 bridgehead atoms. The van der Waals surface area contributed by atoms with Crippen molar-refractivity contribution in [2.45, 2.75) is 19.8 Å². The van der Waals surface area contributed by atoms with Crippen molar-refractivity contribution in [1.29, 1.82) is 0 Å². The molecule has 0 spiro atoms. The number of anilines is 1. The number of nitrogens with zero attached hydrogens (tertiary/aromatic N) is 5. The molecule has 0 unspecified atom stereocenters. The van der Waals surface area contributed by atoms with Gasteiger partial charge in [0, 0.05) is 44.8 Å². The van der Waals surface area contributed by atoms with E-state index in [1.54, 1.807) is 7.11 Å². The SMILES string of the molecule is COc1ccc(-c2noc(N3CCN(C(=O)N4CCC(C)CC4)CC3)n2)cc1. The minimum Gasteiger partial charge on any atom is -0.497 e. The number of hydrogen-bond donors (Lipinski definition) is 0. The smallest absolute Gasteiger partial charge is 0.324 e. The van der Waals surface area contributed by atoms with Crippen LogP contribution in [0.15, 0.2) is 28.8 Å². The monoisotopic (exact) mass is 385 g/mol. The molecular weight excluding hydrogens is 358 g/mol. The number of carbonyl (C=O) groups excluding carboxylic acids is 1. The van der Waals surface area contributed by atoms with Crippen LogP contribution < -0.4 is 9.64 Å². The Morgan fingerprint density at radius 1 is 1.04 bits per heavy atom. The lowest BCUT2D eigenvalue weighted by molar-refractivity contribution is 0.131. The lowest BCUT2D eigenvalue weighted by Crippen LogP contribution is -2.54. The van der Waals surface area contributed by atoms with E-state index in [0.29, 0.717) is 38.0 Å². The molecule has 28 heavy (non-hydrogen) atoms. The summed E-state index contributed by atoms with van der Waals surface area (Å²) in [6, 6.07) is 8.22. The highest BCUT2D eigenvalue weighted by molar-refractivity contribution is 5.75. The van der Waals surface area contributed by atoms with Gasteiger partial charge in [-0.15, -0.1) is 0 Å². The average molecular weight is 385 g/mol. The van der Waals surface area contributed by atoms with Crippen LogP contribution in [-0.2, 0) is 0 Å². The highest BCUT2D eigenvalue weighted by Gasteiger charge is 2.29. The van der Waals surface area contributed by atoms with Crippen LogP contribution in [0.3, 0.4) is 0 Å². The molecule has 0 atom stereocenters. The Kier molecular flexibility index (Phi) is 5.36. The first kappa shape index (κ1) is 18.6. The standard InChI is InChI=1S/C20H27N5O3/c1-15-7-9-24(10-8-15)20(26)25-13-11-23(12-14-25)19-21-18(22-28-19)16-3-5-17(27-2)6-4-16/h3-6,15H,7-14H2,1-2H3. The van der Waals surface area contributed by atoms with Crippen LogP contribution in [0.4, 0.5) is 10.8 Å². The van der Waals surface area contributed by atoms with Crippen molar-refractivity contribution in [3.63, 3.8) is 0 Å². The van der Waals surface area contributed by atoms with E-state index in [4.69, 9.17) is 9.26 Å². The van der Waals surface area contributed by atoms with Crippen LogP contribution >= 0.6 is 0 Å². The zero-order valence-electron chi connectivity index (χ0n) is 16.5. The molecule has 0 N–H and O–H groups in total. The molecule has 150 valence electrons. The fourth-order valence-corrected chi connectivity index (χ4v) is 3.69. The van der Waals surface area contributed by atoms with E-state index in [2.05, 4.69) is 17.1 Å². The van der Waals surface area contributed by atoms with E-state index >= 15 is 0 Å². The first-order chi connectivity index (χ1) is 13.6. The number of piperazine rings is 1. The third-order valence-electron chi connectivity index (χ3n) is 5.64. The molecular formula is C20H27N5O3. The van der Waals surface area contributed by atoms with Gasteiger partial charge in [-0.1, -0.05) is 12.1 Å². The minimum atomic E-state index is 0.163. The van der Waals surface area contributed by atoms with Gasteiger partial charge < -0.3 is 24.0 Å². The second kappa shape index (κ2) is 8.08. The van der Waals surface area contributed by atoms with Gasteiger partial charge in [0.25, 0.3) is 0 Å². The van der Waals surface area contributed by atoms with E-state index in [9.17, 15) is 4.79 Å². The number of urea groups is 1. The van der Waals surface area contributed by atoms with Crippen LogP contribution in [-0.4, -0.2) is 72.3 Å². The molecule has 0 saturated carbocycles. The van der Waals surface area contributed by atoms with Crippen molar-refractivity contribution >= 4 is 12.0 Å². The summed E-state index contributed by atoms with van der Waals surface area (Å²) in [7, 11) is 1.64. The second-order valence-electron chi connectivity index (χ2n) is 7.56. The number of piperidine rings is 1. The quantitative estimate of drug-likeness (QED) is 0.809. The van der Waals surface area contributed by atoms with E-state index in [0.717, 1.165) is 43.2 Å². The van der Waals surface area contributed by atoms with Gasteiger partial charge in [-0.05, 0) is 43.0 Å². The molecule has 2 aliphatic heterocycles. The zero-order valence-corrected chi connectivity index (χ0v) is 16.5. The predicted molar refractivity (Wildman–Crippen MR) is 105 cm³/mol. The first-order valence-corrected chi connectivity index (χ1v) is 9.91. The van der Waals surface area contributed by atoms with Crippen molar-refractivity contribution < 1.29 is 14.1 Å². The van der Waals surface area contributed by atoms with E-state index in [1.165, 1.54) is 0 Å². The third kappa shape index (κ3) is 3.90. The van der Waals surface area contributed by atoms with Gasteiger partial charge >= 0.3 is 12.0 Å². The van der Waals surface area contributed by atoms with Crippen molar-refractivity contribution in [2.24, 2.45) is 5.92 Å². The first-order valence-electron chi connectivity index (χ1n) is 9.91. The van der Waals surface area contributed by atoms with Gasteiger partial charge in [-0.2, -0.15) is 4.98 Å². The Hall–Kier alpha value is -2.77. The highest BCUT2D eigenvalue weighted by atomic mass is 16.5. The highest BCUT2D eigenvalue weighted by Crippen LogP contribution is 2.23. The average Bonchev–Trinajstić information content (AvgIpc) is 3.24. The summed E-state index contributed by atoms with van der Waals surface area (Å²) in [4.78, 5) is 23.2. The molecule has 2 fully saturated rings. The normalized spacial score (nSPS) is 18.4. The van der Waals surface area contributed by atoms with Crippen molar-refractivity contribution in [3.05, 3.63) is 24.3 Å². The number of ether oxygens (including phenoxy) is 1. The van der Waals surface area contributed by atoms with Crippen molar-refractivity contribution in [1.82, 2.24) is 19.9 Å². The lowest BCUT2D eigenvalue weighted by Gasteiger charge is -2.38. The molecule has 1 aromatic carbocycles. The molecule has 2 aliphatic rings. The molecule has 1 aromatic heterocycles. The van der Waals surface area contributed by atoms with Gasteiger partial charge in [0.05, 0.1) is 7.11 Å². The Labute approximate surface area is 165 Å². The molecule has 3 heterocycles. The molecule has 2 amide bonds. The minimum absolute atomic E-state index is 0.163. The van der Waals surface area contributed by atoms with Crippen molar-refractivity contribution in [3.8, 4) is 17.1 Å². The fourth-order valence-electron chi connectivity index (χ4n) is 3.69. The number of carbonyl (C=O) groups is 1. The van der Waals surface area contributed by atoms with Crippen molar-refractivity contribution in [2.75, 3.05) is 51.3 Å². The molecule has 2 aromatic rings. The predicted octanol–water partition coefficient (Wildman–Crippen LogP) is 2.72. The summed E-state index contributed by atoms with van der Waals surface area (Å²) in [5.74, 6) is 2.06. The van der Waals surface area contributed by atoms with Crippen LogP contribution in [0.2, 0.25) is 0 Å². The van der Waals surface area contributed by atoms with Crippen LogP contribution in [0, 0.1) is 5.92 Å². The molecule has 8 heteroatoms. The lowest BCUT2D eigenvalue weighted by atomic mass is 9.99. The number of hydrogen-bond acceptors (Lipinski definition) is 6. The number of rotatable bonds is 3. The molecule has 4 rings (SSSR count). The summed E-state index contributed by atoms with van der Waals surface area (Å²) in [5, 5.41) is 4.09. The van der Waals surface area contributed by atoms with Gasteiger partial charge in [0.2, 0.25) is 5.82 Å². The van der Waals surface area contributed by atoms with Gasteiger partial charge in [-0.25, -0.2) is 4.79 Å². The van der Waals surface area contributed by atoms with Gasteiger partial charge in [0.1, 0.15) is 5.75 Å². The Morgan fingerprint density at radius 2 is 1.68 bits per heavy atom. The van der Waals surface area contributed by atoms with E-state index < -0.39 is 0 Å². The molecule has 8 nitrogen and oxygen atoms in total. The summed E-state index contributed by atoms with van der Waals surface area (Å²) in [5.41, 5.74) is 0.879. The van der Waals surface area contributed by atoms with E-state index in [-0.39, 0.29) is 6.03 Å². The number of amides is 2. The maximum Gasteiger partial charge on any atom is 0.324 e. The molecule has 2 saturated heterocycles. The topological polar surface area (TPSA) is 74.9 Å². The van der Waals surface area contributed by atoms with Crippen LogP contribution in [0.25, 0.3) is 11.4 Å². The molecule has 0 aliphatic carbocycles. The van der Waals surface area contributed by atoms with Gasteiger partial charge in [0.15, 0.2) is 0 Å². The maximum atomic E-state index is 12.7. The summed E-state index contributed by atoms with van der Waals surface area (Å²) in [6.45, 7) is 6.73. The zero-order chi connectivity index (χ0) is 19.5. The summed E-state index contributed by atoms with van der Waals surface area (Å²) < 4.78 is 10.6. The second-order valence-corrected chi connectivity index (χ2v) is 7.56.